The minimum atomic E-state index is -0.527. The lowest BCUT2D eigenvalue weighted by molar-refractivity contribution is -0.112. The molecule has 1 aliphatic carbocycles. The van der Waals surface area contributed by atoms with Crippen LogP contribution in [0.3, 0.4) is 0 Å². The molecule has 0 saturated carbocycles. The first-order chi connectivity index (χ1) is 15.7. The van der Waals surface area contributed by atoms with Gasteiger partial charge in [-0.3, -0.25) is 4.79 Å². The number of carbonyl (C=O) groups is 1. The summed E-state index contributed by atoms with van der Waals surface area (Å²) in [7, 11) is 0. The van der Waals surface area contributed by atoms with E-state index in [-0.39, 0.29) is 5.57 Å². The Kier molecular flexibility index (Phi) is 6.65. The summed E-state index contributed by atoms with van der Waals surface area (Å²) >= 11 is 1.44. The molecule has 4 rings (SSSR count). The average Bonchev–Trinajstić information content (AvgIpc) is 3.19. The van der Waals surface area contributed by atoms with E-state index >= 15 is 0 Å². The predicted molar refractivity (Wildman–Crippen MR) is 125 cm³/mol. The van der Waals surface area contributed by atoms with Crippen LogP contribution in [0.4, 0.5) is 5.00 Å². The van der Waals surface area contributed by atoms with Crippen LogP contribution in [0.1, 0.15) is 40.0 Å². The number of thiophene rings is 1. The zero-order valence-corrected chi connectivity index (χ0v) is 18.2. The van der Waals surface area contributed by atoms with Crippen LogP contribution in [0.15, 0.2) is 60.2 Å². The van der Waals surface area contributed by atoms with Gasteiger partial charge in [-0.05, 0) is 49.0 Å². The standard InChI is InChI=1S/C26H21N3O2S/c27-15-20(25(30)29-26-22(16-28)21-11-5-7-13-24(21)32-26)14-19-10-4-6-12-23(19)31-17-18-8-2-1-3-9-18/h1-4,6,8-10,12,14H,5,7,11,13,17H2,(H,29,30)/b20-14+. The second kappa shape index (κ2) is 9.96. The van der Waals surface area contributed by atoms with Crippen molar-refractivity contribution < 1.29 is 9.53 Å². The molecule has 0 fully saturated rings. The van der Waals surface area contributed by atoms with Gasteiger partial charge in [-0.2, -0.15) is 10.5 Å². The minimum Gasteiger partial charge on any atom is -0.488 e. The van der Waals surface area contributed by atoms with E-state index in [4.69, 9.17) is 4.74 Å². The van der Waals surface area contributed by atoms with Crippen molar-refractivity contribution in [1.82, 2.24) is 0 Å². The topological polar surface area (TPSA) is 85.9 Å². The monoisotopic (exact) mass is 439 g/mol. The molecule has 32 heavy (non-hydrogen) atoms. The van der Waals surface area contributed by atoms with E-state index in [0.29, 0.717) is 28.5 Å². The second-order valence-electron chi connectivity index (χ2n) is 7.46. The van der Waals surface area contributed by atoms with Crippen LogP contribution in [0.5, 0.6) is 5.75 Å². The molecule has 0 atom stereocenters. The van der Waals surface area contributed by atoms with Crippen LogP contribution < -0.4 is 10.1 Å². The summed E-state index contributed by atoms with van der Waals surface area (Å²) in [6.07, 6.45) is 5.45. The van der Waals surface area contributed by atoms with Crippen molar-refractivity contribution in [3.05, 3.63) is 87.3 Å². The van der Waals surface area contributed by atoms with Crippen molar-refractivity contribution in [3.8, 4) is 17.9 Å². The van der Waals surface area contributed by atoms with Gasteiger partial charge in [0.2, 0.25) is 0 Å². The summed E-state index contributed by atoms with van der Waals surface area (Å²) in [6, 6.07) is 21.3. The van der Waals surface area contributed by atoms with Crippen LogP contribution in [0.2, 0.25) is 0 Å². The van der Waals surface area contributed by atoms with Crippen molar-refractivity contribution in [2.45, 2.75) is 32.3 Å². The first-order valence-electron chi connectivity index (χ1n) is 10.4. The molecular formula is C26H21N3O2S. The zero-order valence-electron chi connectivity index (χ0n) is 17.4. The van der Waals surface area contributed by atoms with Gasteiger partial charge in [0.1, 0.15) is 35.1 Å². The predicted octanol–water partition coefficient (Wildman–Crippen LogP) is 5.62. The Hall–Kier alpha value is -3.87. The molecule has 2 aromatic carbocycles. The molecule has 6 heteroatoms. The summed E-state index contributed by atoms with van der Waals surface area (Å²) in [6.45, 7) is 0.381. The number of nitrogens with one attached hydrogen (secondary N) is 1. The molecule has 1 heterocycles. The molecule has 1 aliphatic rings. The maximum atomic E-state index is 12.9. The Balaban J connectivity index is 1.55. The lowest BCUT2D eigenvalue weighted by Gasteiger charge is -2.10. The first kappa shape index (κ1) is 21.4. The molecule has 1 amide bonds. The summed E-state index contributed by atoms with van der Waals surface area (Å²) in [5.74, 6) is 0.0571. The van der Waals surface area contributed by atoms with Gasteiger partial charge in [0, 0.05) is 10.4 Å². The molecule has 0 unspecified atom stereocenters. The number of fused-ring (bicyclic) bond motifs is 1. The molecule has 1 N–H and O–H groups in total. The van der Waals surface area contributed by atoms with Gasteiger partial charge in [0.15, 0.2) is 0 Å². The highest BCUT2D eigenvalue weighted by molar-refractivity contribution is 7.16. The highest BCUT2D eigenvalue weighted by Crippen LogP contribution is 2.37. The number of rotatable bonds is 6. The molecule has 0 bridgehead atoms. The Morgan fingerprint density at radius 2 is 1.81 bits per heavy atom. The number of nitrogens with zero attached hydrogens (tertiary/aromatic N) is 2. The molecule has 0 saturated heterocycles. The highest BCUT2D eigenvalue weighted by atomic mass is 32.1. The van der Waals surface area contributed by atoms with Crippen molar-refractivity contribution >= 4 is 28.3 Å². The molecule has 0 radical (unpaired) electrons. The van der Waals surface area contributed by atoms with Gasteiger partial charge >= 0.3 is 0 Å². The van der Waals surface area contributed by atoms with Gasteiger partial charge in [-0.1, -0.05) is 48.5 Å². The number of amides is 1. The largest absolute Gasteiger partial charge is 0.488 e. The van der Waals surface area contributed by atoms with Gasteiger partial charge in [0.25, 0.3) is 5.91 Å². The summed E-state index contributed by atoms with van der Waals surface area (Å²) < 4.78 is 5.93. The third-order valence-corrected chi connectivity index (χ3v) is 6.54. The molecule has 5 nitrogen and oxygen atoms in total. The molecular weight excluding hydrogens is 418 g/mol. The molecule has 158 valence electrons. The molecule has 3 aromatic rings. The number of para-hydroxylation sites is 1. The number of hydrogen-bond donors (Lipinski definition) is 1. The van der Waals surface area contributed by atoms with Gasteiger partial charge < -0.3 is 10.1 Å². The summed E-state index contributed by atoms with van der Waals surface area (Å²) in [5, 5.41) is 22.6. The van der Waals surface area contributed by atoms with E-state index in [1.54, 1.807) is 6.07 Å². The zero-order chi connectivity index (χ0) is 22.3. The normalized spacial score (nSPS) is 12.9. The van der Waals surface area contributed by atoms with Gasteiger partial charge in [-0.15, -0.1) is 11.3 Å². The van der Waals surface area contributed by atoms with E-state index in [1.165, 1.54) is 17.4 Å². The van der Waals surface area contributed by atoms with E-state index in [9.17, 15) is 15.3 Å². The van der Waals surface area contributed by atoms with Gasteiger partial charge in [0.05, 0.1) is 5.56 Å². The molecule has 0 aliphatic heterocycles. The number of ether oxygens (including phenoxy) is 1. The maximum absolute atomic E-state index is 12.9. The second-order valence-corrected chi connectivity index (χ2v) is 8.57. The number of nitriles is 2. The van der Waals surface area contributed by atoms with E-state index in [2.05, 4.69) is 11.4 Å². The SMILES string of the molecule is N#C/C(=C\c1ccccc1OCc1ccccc1)C(=O)Nc1sc2c(c1C#N)CCCC2. The number of aryl methyl sites for hydroxylation is 1. The van der Waals surface area contributed by atoms with Crippen molar-refractivity contribution in [2.24, 2.45) is 0 Å². The van der Waals surface area contributed by atoms with Crippen LogP contribution in [-0.2, 0) is 24.2 Å². The van der Waals surface area contributed by atoms with E-state index < -0.39 is 5.91 Å². The summed E-state index contributed by atoms with van der Waals surface area (Å²) in [5.41, 5.74) is 3.19. The molecule has 0 spiro atoms. The third kappa shape index (κ3) is 4.72. The van der Waals surface area contributed by atoms with Crippen LogP contribution in [0, 0.1) is 22.7 Å². The molecule has 1 aromatic heterocycles. The fraction of sp³-hybridized carbons (Fsp3) is 0.192. The lowest BCUT2D eigenvalue weighted by Crippen LogP contribution is -2.13. The Bertz CT molecular complexity index is 1250. The number of carbonyl (C=O) groups excluding carboxylic acids is 1. The number of anilines is 1. The fourth-order valence-corrected chi connectivity index (χ4v) is 4.95. The van der Waals surface area contributed by atoms with Crippen LogP contribution >= 0.6 is 11.3 Å². The first-order valence-corrected chi connectivity index (χ1v) is 11.2. The average molecular weight is 440 g/mol. The van der Waals surface area contributed by atoms with Crippen molar-refractivity contribution in [1.29, 1.82) is 10.5 Å². The van der Waals surface area contributed by atoms with Crippen molar-refractivity contribution in [3.63, 3.8) is 0 Å². The van der Waals surface area contributed by atoms with Crippen LogP contribution in [0.25, 0.3) is 6.08 Å². The Morgan fingerprint density at radius 3 is 2.59 bits per heavy atom. The van der Waals surface area contributed by atoms with Crippen molar-refractivity contribution in [2.75, 3.05) is 5.32 Å². The number of benzene rings is 2. The quantitative estimate of drug-likeness (QED) is 0.399. The number of hydrogen-bond acceptors (Lipinski definition) is 5. The minimum absolute atomic E-state index is 0.0453. The maximum Gasteiger partial charge on any atom is 0.266 e. The summed E-state index contributed by atoms with van der Waals surface area (Å²) in [4.78, 5) is 14.0. The third-order valence-electron chi connectivity index (χ3n) is 5.33. The smallest absolute Gasteiger partial charge is 0.266 e. The lowest BCUT2D eigenvalue weighted by atomic mass is 9.96. The Labute approximate surface area is 191 Å². The van der Waals surface area contributed by atoms with Crippen LogP contribution in [-0.4, -0.2) is 5.91 Å². The van der Waals surface area contributed by atoms with Gasteiger partial charge in [-0.25, -0.2) is 0 Å². The fourth-order valence-electron chi connectivity index (χ4n) is 3.71. The Morgan fingerprint density at radius 1 is 1.06 bits per heavy atom. The van der Waals surface area contributed by atoms with E-state index in [0.717, 1.165) is 41.7 Å². The van der Waals surface area contributed by atoms with E-state index in [1.807, 2.05) is 54.6 Å². The highest BCUT2D eigenvalue weighted by Gasteiger charge is 2.22.